The first-order valence-corrected chi connectivity index (χ1v) is 9.57. The van der Waals surface area contributed by atoms with Gasteiger partial charge < -0.3 is 10.6 Å². The maximum Gasteiger partial charge on any atom is 0.329 e. The Morgan fingerprint density at radius 1 is 1.34 bits per heavy atom. The summed E-state index contributed by atoms with van der Waals surface area (Å²) < 4.78 is 1.45. The maximum atomic E-state index is 13.3. The van der Waals surface area contributed by atoms with Crippen LogP contribution in [0.3, 0.4) is 0 Å². The zero-order chi connectivity index (χ0) is 19.7. The van der Waals surface area contributed by atoms with Crippen LogP contribution in [0.2, 0.25) is 0 Å². The Morgan fingerprint density at radius 2 is 2.03 bits per heavy atom. The number of hydrogen-bond acceptors (Lipinski definition) is 5. The van der Waals surface area contributed by atoms with Crippen LogP contribution < -0.4 is 17.0 Å². The summed E-state index contributed by atoms with van der Waals surface area (Å²) in [6.07, 6.45) is 2.46. The normalized spacial score (nSPS) is 16.0. The van der Waals surface area contributed by atoms with Gasteiger partial charge in [-0.2, -0.15) is 0 Å². The number of nitrogens with zero attached hydrogens (tertiary/aromatic N) is 3. The minimum atomic E-state index is -0.572. The number of halogens is 2. The van der Waals surface area contributed by atoms with E-state index in [0.29, 0.717) is 37.3 Å². The van der Waals surface area contributed by atoms with Gasteiger partial charge in [-0.25, -0.2) is 9.78 Å². The molecule has 8 nitrogen and oxygen atoms in total. The number of likely N-dealkylation sites (tertiary alicyclic amines) is 1. The highest BCUT2D eigenvalue weighted by atomic mass is 35.5. The minimum absolute atomic E-state index is 0. The third-order valence-corrected chi connectivity index (χ3v) is 5.15. The largest absolute Gasteiger partial charge is 0.334 e. The molecule has 0 bridgehead atoms. The number of H-pyrrole nitrogens is 1. The van der Waals surface area contributed by atoms with E-state index in [1.54, 1.807) is 11.0 Å². The monoisotopic (exact) mass is 445 g/mol. The number of pyridine rings is 1. The van der Waals surface area contributed by atoms with E-state index in [2.05, 4.69) is 9.97 Å². The van der Waals surface area contributed by atoms with Gasteiger partial charge in [-0.15, -0.1) is 24.8 Å². The molecule has 1 atom stereocenters. The first-order valence-electron chi connectivity index (χ1n) is 9.57. The van der Waals surface area contributed by atoms with E-state index in [-0.39, 0.29) is 53.7 Å². The molecule has 0 saturated carbocycles. The van der Waals surface area contributed by atoms with Crippen molar-refractivity contribution in [1.82, 2.24) is 19.4 Å². The van der Waals surface area contributed by atoms with E-state index in [1.165, 1.54) is 4.57 Å². The molecule has 29 heavy (non-hydrogen) atoms. The molecule has 1 unspecified atom stereocenters. The van der Waals surface area contributed by atoms with Gasteiger partial charge in [0.25, 0.3) is 11.5 Å². The smallest absolute Gasteiger partial charge is 0.329 e. The first-order chi connectivity index (χ1) is 12.9. The zero-order valence-electron chi connectivity index (χ0n) is 16.9. The highest BCUT2D eigenvalue weighted by molar-refractivity contribution is 6.05. The second-order valence-electron chi connectivity index (χ2n) is 7.39. The molecule has 3 N–H and O–H groups in total. The van der Waals surface area contributed by atoms with Gasteiger partial charge in [-0.1, -0.05) is 20.8 Å². The van der Waals surface area contributed by atoms with Crippen molar-refractivity contribution in [1.29, 1.82) is 0 Å². The summed E-state index contributed by atoms with van der Waals surface area (Å²) in [5, 5.41) is 0.181. The lowest BCUT2D eigenvalue weighted by Gasteiger charge is -2.24. The summed E-state index contributed by atoms with van der Waals surface area (Å²) >= 11 is 0. The van der Waals surface area contributed by atoms with Gasteiger partial charge in [-0.3, -0.25) is 19.1 Å². The zero-order valence-corrected chi connectivity index (χ0v) is 18.6. The molecular weight excluding hydrogens is 417 g/mol. The molecule has 1 saturated heterocycles. The van der Waals surface area contributed by atoms with E-state index in [0.717, 1.165) is 12.8 Å². The number of aryl methyl sites for hydroxylation is 1. The van der Waals surface area contributed by atoms with Crippen molar-refractivity contribution in [3.63, 3.8) is 0 Å². The fourth-order valence-electron chi connectivity index (χ4n) is 3.69. The average Bonchev–Trinajstić information content (AvgIpc) is 3.12. The third-order valence-electron chi connectivity index (χ3n) is 5.15. The number of amides is 1. The number of hydrogen-bond donors (Lipinski definition) is 2. The number of nitrogens with one attached hydrogen (secondary N) is 1. The number of aromatic nitrogens is 3. The molecule has 2 aromatic rings. The molecule has 0 aliphatic carbocycles. The molecule has 1 aliphatic rings. The van der Waals surface area contributed by atoms with Crippen molar-refractivity contribution in [2.24, 2.45) is 5.73 Å². The summed E-state index contributed by atoms with van der Waals surface area (Å²) in [5.41, 5.74) is 6.02. The summed E-state index contributed by atoms with van der Waals surface area (Å²) in [7, 11) is 0. The Morgan fingerprint density at radius 3 is 2.62 bits per heavy atom. The molecular formula is C19H29Cl2N5O3. The fraction of sp³-hybridized carbons (Fsp3) is 0.579. The highest BCUT2D eigenvalue weighted by Gasteiger charge is 2.31. The van der Waals surface area contributed by atoms with Gasteiger partial charge >= 0.3 is 5.69 Å². The Bertz CT molecular complexity index is 986. The second-order valence-corrected chi connectivity index (χ2v) is 7.39. The Kier molecular flexibility index (Phi) is 8.86. The van der Waals surface area contributed by atoms with Gasteiger partial charge in [0.15, 0.2) is 5.65 Å². The van der Waals surface area contributed by atoms with Crippen LogP contribution in [0.25, 0.3) is 11.0 Å². The molecule has 2 aromatic heterocycles. The number of rotatable bonds is 5. The molecule has 1 aliphatic heterocycles. The third kappa shape index (κ3) is 4.65. The van der Waals surface area contributed by atoms with Gasteiger partial charge in [0.2, 0.25) is 0 Å². The number of nitrogens with two attached hydrogens (primary N) is 1. The Hall–Kier alpha value is -1.90. The van der Waals surface area contributed by atoms with Crippen LogP contribution >= 0.6 is 24.8 Å². The molecule has 3 heterocycles. The summed E-state index contributed by atoms with van der Waals surface area (Å²) in [5.74, 6) is -0.168. The van der Waals surface area contributed by atoms with Crippen molar-refractivity contribution < 1.29 is 4.79 Å². The molecule has 3 rings (SSSR count). The van der Waals surface area contributed by atoms with Crippen molar-refractivity contribution in [2.45, 2.75) is 58.5 Å². The van der Waals surface area contributed by atoms with Gasteiger partial charge in [-0.05, 0) is 31.2 Å². The highest BCUT2D eigenvalue weighted by Crippen LogP contribution is 2.24. The average molecular weight is 446 g/mol. The van der Waals surface area contributed by atoms with Crippen LogP contribution in [0.4, 0.5) is 0 Å². The topological polar surface area (TPSA) is 114 Å². The first kappa shape index (κ1) is 25.1. The Labute approximate surface area is 181 Å². The van der Waals surface area contributed by atoms with Gasteiger partial charge in [0.1, 0.15) is 0 Å². The maximum absolute atomic E-state index is 13.3. The molecule has 1 fully saturated rings. The molecule has 0 spiro atoms. The van der Waals surface area contributed by atoms with Crippen molar-refractivity contribution in [3.05, 3.63) is 38.2 Å². The predicted molar refractivity (Wildman–Crippen MR) is 119 cm³/mol. The number of aromatic amines is 1. The number of fused-ring (bicyclic) bond motifs is 1. The van der Waals surface area contributed by atoms with Crippen molar-refractivity contribution in [2.75, 3.05) is 13.1 Å². The van der Waals surface area contributed by atoms with E-state index in [1.807, 2.05) is 20.8 Å². The van der Waals surface area contributed by atoms with E-state index in [9.17, 15) is 14.4 Å². The van der Waals surface area contributed by atoms with E-state index >= 15 is 0 Å². The summed E-state index contributed by atoms with van der Waals surface area (Å²) in [6.45, 7) is 7.31. The van der Waals surface area contributed by atoms with E-state index in [4.69, 9.17) is 5.73 Å². The van der Waals surface area contributed by atoms with Crippen LogP contribution in [0.5, 0.6) is 0 Å². The van der Waals surface area contributed by atoms with E-state index < -0.39 is 11.2 Å². The molecule has 10 heteroatoms. The quantitative estimate of drug-likeness (QED) is 0.730. The lowest BCUT2D eigenvalue weighted by Crippen LogP contribution is -2.41. The lowest BCUT2D eigenvalue weighted by molar-refractivity contribution is 0.0743. The number of carbonyl (C=O) groups excluding carboxylic acids is 1. The second kappa shape index (κ2) is 10.2. The van der Waals surface area contributed by atoms with Crippen LogP contribution in [0.15, 0.2) is 15.7 Å². The van der Waals surface area contributed by atoms with Gasteiger partial charge in [0.05, 0.1) is 10.9 Å². The summed E-state index contributed by atoms with van der Waals surface area (Å²) in [6, 6.07) is 1.67. The minimum Gasteiger partial charge on any atom is -0.334 e. The predicted octanol–water partition coefficient (Wildman–Crippen LogP) is 2.03. The molecule has 1 amide bonds. The lowest BCUT2D eigenvalue weighted by atomic mass is 10.0. The molecule has 0 radical (unpaired) electrons. The number of carbonyl (C=O) groups is 1. The molecule has 0 aromatic carbocycles. The molecule has 162 valence electrons. The fourth-order valence-corrected chi connectivity index (χ4v) is 3.69. The van der Waals surface area contributed by atoms with Crippen molar-refractivity contribution in [3.8, 4) is 0 Å². The van der Waals surface area contributed by atoms with Crippen LogP contribution in [-0.2, 0) is 6.54 Å². The van der Waals surface area contributed by atoms with Gasteiger partial charge in [0, 0.05) is 31.4 Å². The van der Waals surface area contributed by atoms with Crippen LogP contribution in [0.1, 0.15) is 62.0 Å². The standard InChI is InChI=1S/C19H27N5O3.2ClH/c1-4-7-24-16-15(17(25)22-19(24)27)13(9-14(21-16)11(2)3)18(26)23-8-5-6-12(23)10-20;;/h9,11-12H,4-8,10,20H2,1-3H3,(H,22,25,27);2*1H. The SMILES string of the molecule is CCCn1c(=O)[nH]c(=O)c2c(C(=O)N3CCCC3CN)cc(C(C)C)nc21.Cl.Cl. The summed E-state index contributed by atoms with van der Waals surface area (Å²) in [4.78, 5) is 46.9. The van der Waals surface area contributed by atoms with Crippen LogP contribution in [0, 0.1) is 0 Å². The van der Waals surface area contributed by atoms with Crippen LogP contribution in [-0.4, -0.2) is 44.5 Å². The van der Waals surface area contributed by atoms with Crippen molar-refractivity contribution >= 4 is 41.8 Å². The Balaban J connectivity index is 0.00000210.